The summed E-state index contributed by atoms with van der Waals surface area (Å²) in [5.74, 6) is -0.639. The number of rotatable bonds is 5. The molecule has 1 aromatic carbocycles. The molecule has 0 saturated carbocycles. The number of amides is 1. The lowest BCUT2D eigenvalue weighted by atomic mass is 10.2. The molecule has 0 bridgehead atoms. The van der Waals surface area contributed by atoms with Crippen LogP contribution in [-0.2, 0) is 6.18 Å². The fraction of sp³-hybridized carbons (Fsp3) is 0.133. The first kappa shape index (κ1) is 16.5. The number of nitrogens with zero attached hydrogens (tertiary/aromatic N) is 2. The van der Waals surface area contributed by atoms with Gasteiger partial charge in [0.05, 0.1) is 18.0 Å². The molecule has 1 aromatic heterocycles. The van der Waals surface area contributed by atoms with Crippen molar-refractivity contribution in [1.29, 1.82) is 0 Å². The Morgan fingerprint density at radius 3 is 2.83 bits per heavy atom. The van der Waals surface area contributed by atoms with Crippen molar-refractivity contribution in [3.63, 3.8) is 0 Å². The van der Waals surface area contributed by atoms with Crippen molar-refractivity contribution in [2.75, 3.05) is 6.54 Å². The fourth-order valence-corrected chi connectivity index (χ4v) is 1.62. The molecular formula is C15H12F3N3O2. The number of carbonyl (C=O) groups excluding carboxylic acids is 1. The molecule has 0 atom stereocenters. The number of halogens is 3. The molecule has 1 N–H and O–H groups in total. The third-order valence-corrected chi connectivity index (χ3v) is 2.64. The first-order chi connectivity index (χ1) is 10.9. The number of alkyl halides is 3. The van der Waals surface area contributed by atoms with Gasteiger partial charge in [0.1, 0.15) is 11.4 Å². The third kappa shape index (κ3) is 4.53. The van der Waals surface area contributed by atoms with Crippen LogP contribution >= 0.6 is 0 Å². The molecule has 5 nitrogen and oxygen atoms in total. The number of aromatic nitrogens is 2. The standard InChI is InChI=1S/C15H12F3N3O2/c1-2-6-20-14(22)12-8-19-9-13(21-12)23-11-5-3-4-10(7-11)15(16,17)18/h2-5,7-9H,1,6H2,(H,20,22). The molecule has 0 aliphatic carbocycles. The second-order valence-electron chi connectivity index (χ2n) is 4.37. The van der Waals surface area contributed by atoms with E-state index in [2.05, 4.69) is 21.9 Å². The number of hydrogen-bond donors (Lipinski definition) is 1. The van der Waals surface area contributed by atoms with Gasteiger partial charge in [-0.2, -0.15) is 13.2 Å². The Labute approximate surface area is 129 Å². The Kier molecular flexibility index (Phi) is 4.95. The van der Waals surface area contributed by atoms with Gasteiger partial charge in [-0.1, -0.05) is 12.1 Å². The maximum atomic E-state index is 12.7. The van der Waals surface area contributed by atoms with Crippen LogP contribution in [0.15, 0.2) is 49.3 Å². The molecule has 0 saturated heterocycles. The summed E-state index contributed by atoms with van der Waals surface area (Å²) in [7, 11) is 0. The van der Waals surface area contributed by atoms with Gasteiger partial charge in [0.25, 0.3) is 5.91 Å². The van der Waals surface area contributed by atoms with Crippen LogP contribution in [-0.4, -0.2) is 22.4 Å². The van der Waals surface area contributed by atoms with Crippen molar-refractivity contribution in [1.82, 2.24) is 15.3 Å². The molecule has 1 heterocycles. The molecule has 2 aromatic rings. The molecule has 0 radical (unpaired) electrons. The highest BCUT2D eigenvalue weighted by Gasteiger charge is 2.30. The van der Waals surface area contributed by atoms with E-state index in [1.807, 2.05) is 0 Å². The molecule has 2 rings (SSSR count). The van der Waals surface area contributed by atoms with Crippen LogP contribution in [0.2, 0.25) is 0 Å². The lowest BCUT2D eigenvalue weighted by molar-refractivity contribution is -0.137. The molecule has 23 heavy (non-hydrogen) atoms. The molecule has 0 aliphatic heterocycles. The Hall–Kier alpha value is -2.90. The van der Waals surface area contributed by atoms with Gasteiger partial charge < -0.3 is 10.1 Å². The molecule has 0 aliphatic rings. The summed E-state index contributed by atoms with van der Waals surface area (Å²) in [4.78, 5) is 19.4. The summed E-state index contributed by atoms with van der Waals surface area (Å²) in [6, 6.07) is 4.33. The molecule has 0 spiro atoms. The van der Waals surface area contributed by atoms with Crippen molar-refractivity contribution in [3.05, 3.63) is 60.6 Å². The topological polar surface area (TPSA) is 64.1 Å². The lowest BCUT2D eigenvalue weighted by Crippen LogP contribution is -2.24. The minimum atomic E-state index is -4.47. The minimum absolute atomic E-state index is 0.0173. The lowest BCUT2D eigenvalue weighted by Gasteiger charge is -2.09. The zero-order valence-electron chi connectivity index (χ0n) is 11.8. The third-order valence-electron chi connectivity index (χ3n) is 2.64. The van der Waals surface area contributed by atoms with Crippen molar-refractivity contribution in [2.45, 2.75) is 6.18 Å². The molecular weight excluding hydrogens is 311 g/mol. The quantitative estimate of drug-likeness (QED) is 0.858. The summed E-state index contributed by atoms with van der Waals surface area (Å²) in [5, 5.41) is 2.50. The van der Waals surface area contributed by atoms with E-state index in [1.165, 1.54) is 30.6 Å². The Balaban J connectivity index is 2.18. The zero-order chi connectivity index (χ0) is 16.9. The smallest absolute Gasteiger partial charge is 0.416 e. The van der Waals surface area contributed by atoms with Crippen LogP contribution in [0.3, 0.4) is 0 Å². The Morgan fingerprint density at radius 2 is 2.13 bits per heavy atom. The average molecular weight is 323 g/mol. The molecule has 0 fully saturated rings. The predicted molar refractivity (Wildman–Crippen MR) is 76.1 cm³/mol. The molecule has 8 heteroatoms. The molecule has 1 amide bonds. The monoisotopic (exact) mass is 323 g/mol. The van der Waals surface area contributed by atoms with E-state index in [1.54, 1.807) is 0 Å². The highest BCUT2D eigenvalue weighted by Crippen LogP contribution is 2.32. The summed E-state index contributed by atoms with van der Waals surface area (Å²) in [5.41, 5.74) is -0.862. The van der Waals surface area contributed by atoms with Crippen LogP contribution in [0.5, 0.6) is 11.6 Å². The normalized spacial score (nSPS) is 10.9. The van der Waals surface area contributed by atoms with Crippen LogP contribution in [0.1, 0.15) is 16.1 Å². The second-order valence-corrected chi connectivity index (χ2v) is 4.37. The van der Waals surface area contributed by atoms with E-state index in [0.717, 1.165) is 12.1 Å². The minimum Gasteiger partial charge on any atom is -0.437 e. The van der Waals surface area contributed by atoms with E-state index >= 15 is 0 Å². The summed E-state index contributed by atoms with van der Waals surface area (Å²) in [6.45, 7) is 3.71. The van der Waals surface area contributed by atoms with Gasteiger partial charge >= 0.3 is 6.18 Å². The van der Waals surface area contributed by atoms with E-state index < -0.39 is 17.6 Å². The largest absolute Gasteiger partial charge is 0.437 e. The number of nitrogens with one attached hydrogen (secondary N) is 1. The fourth-order valence-electron chi connectivity index (χ4n) is 1.62. The van der Waals surface area contributed by atoms with E-state index in [-0.39, 0.29) is 23.9 Å². The number of hydrogen-bond acceptors (Lipinski definition) is 4. The number of ether oxygens (including phenoxy) is 1. The van der Waals surface area contributed by atoms with Gasteiger partial charge in [0.15, 0.2) is 0 Å². The number of benzene rings is 1. The van der Waals surface area contributed by atoms with Crippen molar-refractivity contribution < 1.29 is 22.7 Å². The van der Waals surface area contributed by atoms with E-state index in [4.69, 9.17) is 4.74 Å². The van der Waals surface area contributed by atoms with Gasteiger partial charge in [0.2, 0.25) is 5.88 Å². The van der Waals surface area contributed by atoms with Crippen molar-refractivity contribution in [3.8, 4) is 11.6 Å². The van der Waals surface area contributed by atoms with Gasteiger partial charge in [-0.15, -0.1) is 6.58 Å². The van der Waals surface area contributed by atoms with Crippen LogP contribution < -0.4 is 10.1 Å². The molecule has 0 unspecified atom stereocenters. The van der Waals surface area contributed by atoms with Gasteiger partial charge in [-0.3, -0.25) is 9.78 Å². The van der Waals surface area contributed by atoms with Crippen LogP contribution in [0.25, 0.3) is 0 Å². The van der Waals surface area contributed by atoms with Gasteiger partial charge in [0, 0.05) is 6.54 Å². The van der Waals surface area contributed by atoms with Gasteiger partial charge in [-0.05, 0) is 18.2 Å². The van der Waals surface area contributed by atoms with E-state index in [0.29, 0.717) is 0 Å². The Morgan fingerprint density at radius 1 is 1.35 bits per heavy atom. The van der Waals surface area contributed by atoms with E-state index in [9.17, 15) is 18.0 Å². The van der Waals surface area contributed by atoms with Crippen molar-refractivity contribution in [2.24, 2.45) is 0 Å². The summed E-state index contributed by atoms with van der Waals surface area (Å²) in [6.07, 6.45) is -0.562. The molecule has 120 valence electrons. The maximum absolute atomic E-state index is 12.7. The number of carbonyl (C=O) groups is 1. The zero-order valence-corrected chi connectivity index (χ0v) is 11.8. The summed E-state index contributed by atoms with van der Waals surface area (Å²) < 4.78 is 43.2. The second kappa shape index (κ2) is 6.91. The first-order valence-electron chi connectivity index (χ1n) is 6.46. The highest BCUT2D eigenvalue weighted by molar-refractivity contribution is 5.92. The predicted octanol–water partition coefficient (Wildman–Crippen LogP) is 3.20. The van der Waals surface area contributed by atoms with Crippen LogP contribution in [0, 0.1) is 0 Å². The summed E-state index contributed by atoms with van der Waals surface area (Å²) >= 11 is 0. The highest BCUT2D eigenvalue weighted by atomic mass is 19.4. The van der Waals surface area contributed by atoms with Crippen LogP contribution in [0.4, 0.5) is 13.2 Å². The SMILES string of the molecule is C=CCNC(=O)c1cncc(Oc2cccc(C(F)(F)F)c2)n1. The maximum Gasteiger partial charge on any atom is 0.416 e. The van der Waals surface area contributed by atoms with Gasteiger partial charge in [-0.25, -0.2) is 4.98 Å². The average Bonchev–Trinajstić information content (AvgIpc) is 2.52. The first-order valence-corrected chi connectivity index (χ1v) is 6.46. The van der Waals surface area contributed by atoms with Crippen molar-refractivity contribution >= 4 is 5.91 Å². The Bertz CT molecular complexity index is 717.